The van der Waals surface area contributed by atoms with Crippen LogP contribution in [0, 0.1) is 0 Å². The van der Waals surface area contributed by atoms with Crippen molar-refractivity contribution in [1.82, 2.24) is 31.9 Å². The topological polar surface area (TPSA) is 387 Å². The van der Waals surface area contributed by atoms with Crippen molar-refractivity contribution in [2.45, 2.75) is 185 Å². The van der Waals surface area contributed by atoms with Crippen molar-refractivity contribution in [2.75, 3.05) is 79.1 Å². The number of hydrogen-bond donors (Lipinski definition) is 11. The van der Waals surface area contributed by atoms with Crippen LogP contribution in [0.5, 0.6) is 0 Å². The molecular formula is C51H91N7O18. The van der Waals surface area contributed by atoms with Crippen molar-refractivity contribution < 1.29 is 87.3 Å². The van der Waals surface area contributed by atoms with Gasteiger partial charge < -0.3 is 81.8 Å². The van der Waals surface area contributed by atoms with Crippen LogP contribution < -0.4 is 37.6 Å². The zero-order chi connectivity index (χ0) is 56.4. The zero-order valence-electron chi connectivity index (χ0n) is 44.6. The molecule has 0 heterocycles. The number of ether oxygens (including phenoxy) is 4. The standard InChI is InChI=1S/C51H91N7O18/c52-39(36-60)18-15-16-26-53-43(61)23-20-41(50(69)70)57-46(64)25-22-42(51(71)72)58-48(66)38-76-35-33-74-31-28-55-47(65)37-75-34-32-73-30-27-54-44(62)24-21-40(49(67)68)56-45(63)19-14-12-10-8-6-4-2-1-3-5-7-9-11-13-17-29-59/h36,39-42,59H,1-35,37-38,52H2,(H,53,61)(H,54,62)(H,55,65)(H,56,63)(H,57,64)(H,58,66)(H,67,68)(H,69,70)(H,71,72)/t39?,40?,41?,42-/m0/s1. The van der Waals surface area contributed by atoms with E-state index in [-0.39, 0.29) is 116 Å². The average Bonchev–Trinajstić information content (AvgIpc) is 3.38. The normalized spacial score (nSPS) is 12.6. The largest absolute Gasteiger partial charge is 0.480 e. The molecule has 0 saturated carbocycles. The number of aldehydes is 1. The molecule has 0 spiro atoms. The number of carbonyl (C=O) groups is 10. The van der Waals surface area contributed by atoms with Gasteiger partial charge in [0.15, 0.2) is 0 Å². The van der Waals surface area contributed by atoms with Gasteiger partial charge in [0.25, 0.3) is 0 Å². The van der Waals surface area contributed by atoms with Crippen molar-refractivity contribution in [1.29, 1.82) is 0 Å². The van der Waals surface area contributed by atoms with Gasteiger partial charge in [0, 0.05) is 51.9 Å². The Morgan fingerprint density at radius 3 is 1.17 bits per heavy atom. The third-order valence-electron chi connectivity index (χ3n) is 11.8. The first-order valence-electron chi connectivity index (χ1n) is 27.1. The summed E-state index contributed by atoms with van der Waals surface area (Å²) in [4.78, 5) is 119. The molecule has 25 heteroatoms. The van der Waals surface area contributed by atoms with E-state index in [2.05, 4.69) is 31.9 Å². The van der Waals surface area contributed by atoms with E-state index in [0.29, 0.717) is 38.5 Å². The molecule has 76 heavy (non-hydrogen) atoms. The number of hydrogen-bond acceptors (Lipinski definition) is 16. The smallest absolute Gasteiger partial charge is 0.326 e. The fraction of sp³-hybridized carbons (Fsp3) is 0.804. The molecule has 4 atom stereocenters. The fourth-order valence-corrected chi connectivity index (χ4v) is 7.39. The lowest BCUT2D eigenvalue weighted by Crippen LogP contribution is -2.45. The lowest BCUT2D eigenvalue weighted by atomic mass is 10.0. The predicted molar refractivity (Wildman–Crippen MR) is 278 cm³/mol. The van der Waals surface area contributed by atoms with Crippen LogP contribution in [0.25, 0.3) is 0 Å². The van der Waals surface area contributed by atoms with Crippen molar-refractivity contribution in [3.05, 3.63) is 0 Å². The fourth-order valence-electron chi connectivity index (χ4n) is 7.39. The Kier molecular flexibility index (Phi) is 45.8. The van der Waals surface area contributed by atoms with Crippen molar-refractivity contribution >= 4 is 59.6 Å². The van der Waals surface area contributed by atoms with E-state index < -0.39 is 78.7 Å². The Hall–Kier alpha value is -5.34. The van der Waals surface area contributed by atoms with Gasteiger partial charge in [-0.15, -0.1) is 0 Å². The van der Waals surface area contributed by atoms with E-state index in [9.17, 15) is 63.3 Å². The SMILES string of the molecule is NC(C=O)CCCCNC(=O)CCC(NC(=O)CC[C@H](NC(=O)COCCOCCNC(=O)COCCOCCNC(=O)CCC(NC(=O)CCCCCCCCCCCCCCCCCO)C(=O)O)C(=O)O)C(=O)O. The summed E-state index contributed by atoms with van der Waals surface area (Å²) in [6.07, 6.45) is 18.1. The third-order valence-corrected chi connectivity index (χ3v) is 11.8. The molecule has 0 aliphatic carbocycles. The molecule has 0 aliphatic heterocycles. The number of aliphatic hydroxyl groups excluding tert-OH is 1. The van der Waals surface area contributed by atoms with Gasteiger partial charge in [-0.3, -0.25) is 28.8 Å². The molecule has 25 nitrogen and oxygen atoms in total. The molecule has 0 bridgehead atoms. The van der Waals surface area contributed by atoms with Crippen LogP contribution in [0.1, 0.15) is 161 Å². The highest BCUT2D eigenvalue weighted by Gasteiger charge is 2.25. The quantitative estimate of drug-likeness (QED) is 0.0303. The van der Waals surface area contributed by atoms with Crippen LogP contribution >= 0.6 is 0 Å². The van der Waals surface area contributed by atoms with E-state index >= 15 is 0 Å². The number of unbranched alkanes of at least 4 members (excludes halogenated alkanes) is 15. The van der Waals surface area contributed by atoms with Crippen LogP contribution in [0.2, 0.25) is 0 Å². The van der Waals surface area contributed by atoms with Gasteiger partial charge in [-0.25, -0.2) is 14.4 Å². The molecule has 438 valence electrons. The number of rotatable bonds is 54. The number of nitrogens with two attached hydrogens (primary N) is 1. The number of carbonyl (C=O) groups excluding carboxylic acids is 7. The maximum Gasteiger partial charge on any atom is 0.326 e. The first-order chi connectivity index (χ1) is 36.6. The summed E-state index contributed by atoms with van der Waals surface area (Å²) in [6, 6.07) is -4.62. The molecule has 6 amide bonds. The number of aliphatic hydroxyl groups is 1. The van der Waals surface area contributed by atoms with Crippen LogP contribution in [-0.2, 0) is 66.9 Å². The second kappa shape index (κ2) is 49.2. The minimum Gasteiger partial charge on any atom is -0.480 e. The predicted octanol–water partition coefficient (Wildman–Crippen LogP) is 1.38. The van der Waals surface area contributed by atoms with E-state index in [1.54, 1.807) is 0 Å². The lowest BCUT2D eigenvalue weighted by Gasteiger charge is -2.17. The molecule has 0 aromatic rings. The number of nitrogens with one attached hydrogen (secondary N) is 6. The van der Waals surface area contributed by atoms with Gasteiger partial charge in [0.1, 0.15) is 37.6 Å². The van der Waals surface area contributed by atoms with E-state index in [1.807, 2.05) is 0 Å². The molecule has 3 unspecified atom stereocenters. The van der Waals surface area contributed by atoms with Gasteiger partial charge in [-0.05, 0) is 51.4 Å². The molecule has 0 rings (SSSR count). The molecule has 0 aromatic carbocycles. The van der Waals surface area contributed by atoms with Gasteiger partial charge in [0.2, 0.25) is 35.4 Å². The number of amides is 6. The number of aliphatic carboxylic acids is 3. The molecule has 12 N–H and O–H groups in total. The van der Waals surface area contributed by atoms with Crippen LogP contribution in [-0.4, -0.2) is 183 Å². The lowest BCUT2D eigenvalue weighted by molar-refractivity contribution is -0.144. The highest BCUT2D eigenvalue weighted by molar-refractivity contribution is 5.87. The van der Waals surface area contributed by atoms with Gasteiger partial charge >= 0.3 is 17.9 Å². The molecular weight excluding hydrogens is 999 g/mol. The summed E-state index contributed by atoms with van der Waals surface area (Å²) >= 11 is 0. The molecule has 0 saturated heterocycles. The highest BCUT2D eigenvalue weighted by atomic mass is 16.5. The Morgan fingerprint density at radius 2 is 0.737 bits per heavy atom. The first-order valence-corrected chi connectivity index (χ1v) is 27.1. The van der Waals surface area contributed by atoms with Crippen LogP contribution in [0.4, 0.5) is 0 Å². The van der Waals surface area contributed by atoms with Gasteiger partial charge in [-0.1, -0.05) is 83.5 Å². The molecule has 0 aromatic heterocycles. The number of carboxylic acid groups (broad SMARTS) is 3. The molecule has 0 fully saturated rings. The summed E-state index contributed by atoms with van der Waals surface area (Å²) < 4.78 is 21.2. The summed E-state index contributed by atoms with van der Waals surface area (Å²) in [7, 11) is 0. The van der Waals surface area contributed by atoms with Gasteiger partial charge in [0.05, 0.1) is 45.7 Å². The van der Waals surface area contributed by atoms with Crippen LogP contribution in [0.3, 0.4) is 0 Å². The Morgan fingerprint density at radius 1 is 0.382 bits per heavy atom. The van der Waals surface area contributed by atoms with Gasteiger partial charge in [-0.2, -0.15) is 0 Å². The first kappa shape index (κ1) is 70.7. The Labute approximate surface area is 447 Å². The summed E-state index contributed by atoms with van der Waals surface area (Å²) in [5.74, 6) is -7.17. The monoisotopic (exact) mass is 1090 g/mol. The van der Waals surface area contributed by atoms with Crippen LogP contribution in [0.15, 0.2) is 0 Å². The van der Waals surface area contributed by atoms with E-state index in [4.69, 9.17) is 29.8 Å². The summed E-state index contributed by atoms with van der Waals surface area (Å²) in [5.41, 5.74) is 5.51. The molecule has 0 radical (unpaired) electrons. The van der Waals surface area contributed by atoms with Crippen molar-refractivity contribution in [3.63, 3.8) is 0 Å². The van der Waals surface area contributed by atoms with Crippen molar-refractivity contribution in [2.24, 2.45) is 5.73 Å². The zero-order valence-corrected chi connectivity index (χ0v) is 44.6. The third kappa shape index (κ3) is 44.9. The summed E-state index contributed by atoms with van der Waals surface area (Å²) in [5, 5.41) is 52.2. The minimum absolute atomic E-state index is 0.0408. The number of carboxylic acids is 3. The van der Waals surface area contributed by atoms with E-state index in [0.717, 1.165) is 32.1 Å². The Bertz CT molecular complexity index is 1640. The maximum absolute atomic E-state index is 12.4. The Balaban J connectivity index is 3.95. The average molecular weight is 1090 g/mol. The summed E-state index contributed by atoms with van der Waals surface area (Å²) in [6.45, 7) is 0.642. The van der Waals surface area contributed by atoms with Crippen molar-refractivity contribution in [3.8, 4) is 0 Å². The minimum atomic E-state index is -1.48. The second-order valence-corrected chi connectivity index (χ2v) is 18.4. The van der Waals surface area contributed by atoms with E-state index in [1.165, 1.54) is 57.8 Å². The molecule has 0 aliphatic rings. The maximum atomic E-state index is 12.4. The second-order valence-electron chi connectivity index (χ2n) is 18.4. The highest BCUT2D eigenvalue weighted by Crippen LogP contribution is 2.14.